The second kappa shape index (κ2) is 15.9. The molecule has 7 nitrogen and oxygen atoms in total. The highest BCUT2D eigenvalue weighted by Crippen LogP contribution is 2.37. The molecular weight excluding hydrogens is 678 g/mol. The van der Waals surface area contributed by atoms with E-state index in [0.717, 1.165) is 34.4 Å². The molecule has 0 bridgehead atoms. The van der Waals surface area contributed by atoms with Gasteiger partial charge in [0.05, 0.1) is 41.6 Å². The molecule has 13 heteroatoms. The maximum absolute atomic E-state index is 13.3. The summed E-state index contributed by atoms with van der Waals surface area (Å²) >= 11 is 0. The van der Waals surface area contributed by atoms with Crippen LogP contribution >= 0.6 is 0 Å². The van der Waals surface area contributed by atoms with Crippen molar-refractivity contribution < 1.29 is 50.6 Å². The van der Waals surface area contributed by atoms with Gasteiger partial charge in [-0.15, -0.1) is 0 Å². The molecule has 0 fully saturated rings. The van der Waals surface area contributed by atoms with Gasteiger partial charge in [0.15, 0.2) is 0 Å². The third kappa shape index (κ3) is 9.96. The lowest BCUT2D eigenvalue weighted by Gasteiger charge is -2.19. The number of aromatic carboxylic acids is 1. The molecule has 0 aromatic heterocycles. The van der Waals surface area contributed by atoms with Crippen molar-refractivity contribution in [3.05, 3.63) is 149 Å². The Bertz CT molecular complexity index is 1920. The van der Waals surface area contributed by atoms with Crippen molar-refractivity contribution >= 4 is 23.6 Å². The lowest BCUT2D eigenvalue weighted by molar-refractivity contribution is -0.143. The van der Waals surface area contributed by atoms with Crippen molar-refractivity contribution in [1.82, 2.24) is 5.48 Å². The Kier molecular flexibility index (Phi) is 11.4. The van der Waals surface area contributed by atoms with Crippen LogP contribution < -0.4 is 15.5 Å². The molecule has 1 unspecified atom stereocenters. The van der Waals surface area contributed by atoms with E-state index in [9.17, 15) is 41.0 Å². The molecule has 3 N–H and O–H groups in total. The van der Waals surface area contributed by atoms with E-state index in [1.165, 1.54) is 6.07 Å². The van der Waals surface area contributed by atoms with Gasteiger partial charge < -0.3 is 20.0 Å². The molecule has 51 heavy (non-hydrogen) atoms. The van der Waals surface area contributed by atoms with Gasteiger partial charge in [-0.05, 0) is 58.7 Å². The molecule has 0 saturated heterocycles. The number of alkyl halides is 6. The number of hydrogen-bond donors (Lipinski definition) is 3. The quantitative estimate of drug-likeness (QED) is 0.0772. The summed E-state index contributed by atoms with van der Waals surface area (Å²) in [7, 11) is 0. The Labute approximate surface area is 288 Å². The summed E-state index contributed by atoms with van der Waals surface area (Å²) in [5.41, 5.74) is 2.02. The number of allylic oxidation sites excluding steroid dienone is 2. The van der Waals surface area contributed by atoms with Gasteiger partial charge in [-0.25, -0.2) is 4.79 Å². The molecule has 1 atom stereocenters. The van der Waals surface area contributed by atoms with E-state index >= 15 is 0 Å². The number of carboxylic acids is 1. The smallest absolute Gasteiger partial charge is 0.416 e. The lowest BCUT2D eigenvalue weighted by atomic mass is 9.98. The molecule has 264 valence electrons. The third-order valence-corrected chi connectivity index (χ3v) is 7.60. The number of carboxylic acid groups (broad SMARTS) is 1. The highest BCUT2D eigenvalue weighted by Gasteiger charge is 2.37. The van der Waals surface area contributed by atoms with Crippen LogP contribution in [0.5, 0.6) is 5.75 Å². The lowest BCUT2D eigenvalue weighted by Crippen LogP contribution is -2.30. The van der Waals surface area contributed by atoms with Gasteiger partial charge in [0.1, 0.15) is 5.75 Å². The molecule has 4 aromatic carbocycles. The number of nitrogens with one attached hydrogen (secondary N) is 2. The first-order valence-corrected chi connectivity index (χ1v) is 15.5. The summed E-state index contributed by atoms with van der Waals surface area (Å²) in [5, 5.41) is 11.6. The van der Waals surface area contributed by atoms with Crippen molar-refractivity contribution in [2.75, 3.05) is 18.5 Å². The van der Waals surface area contributed by atoms with Gasteiger partial charge in [-0.1, -0.05) is 78.9 Å². The van der Waals surface area contributed by atoms with E-state index in [1.807, 2.05) is 72.8 Å². The fourth-order valence-corrected chi connectivity index (χ4v) is 5.05. The molecule has 0 spiro atoms. The van der Waals surface area contributed by atoms with Crippen LogP contribution in [0.15, 0.2) is 121 Å². The molecule has 5 rings (SSSR count). The molecular formula is C38H30F6N2O5. The number of rotatable bonds is 12. The Hall–Kier alpha value is -5.66. The van der Waals surface area contributed by atoms with Crippen molar-refractivity contribution in [2.45, 2.75) is 24.8 Å². The molecule has 0 radical (unpaired) electrons. The number of hydroxylamine groups is 1. The molecule has 1 aliphatic rings. The predicted molar refractivity (Wildman–Crippen MR) is 179 cm³/mol. The van der Waals surface area contributed by atoms with Gasteiger partial charge in [-0.3, -0.25) is 4.79 Å². The average molecular weight is 709 g/mol. The summed E-state index contributed by atoms with van der Waals surface area (Å²) in [5.74, 6) is -2.79. The SMILES string of the molecule is O=C(Nc1cc(OCCCONC2C=CC=CC2=Cc2ccc(-c3ccccc3)cc2)ccc1C(=O)O)c1cc(C(F)(F)F)cc(C(F)(F)F)c1. The van der Waals surface area contributed by atoms with E-state index < -0.39 is 46.5 Å². The molecule has 0 heterocycles. The summed E-state index contributed by atoms with van der Waals surface area (Å²) in [6, 6.07) is 21.9. The highest BCUT2D eigenvalue weighted by atomic mass is 19.4. The van der Waals surface area contributed by atoms with Gasteiger partial charge >= 0.3 is 18.3 Å². The second-order valence-corrected chi connectivity index (χ2v) is 11.3. The summed E-state index contributed by atoms with van der Waals surface area (Å²) in [6.45, 7) is 0.294. The van der Waals surface area contributed by atoms with Crippen LogP contribution in [0.4, 0.5) is 32.0 Å². The minimum absolute atomic E-state index is 0.0842. The van der Waals surface area contributed by atoms with E-state index in [-0.39, 0.29) is 48.9 Å². The number of benzene rings is 4. The highest BCUT2D eigenvalue weighted by molar-refractivity contribution is 6.08. The Balaban J connectivity index is 1.16. The first kappa shape index (κ1) is 36.6. The zero-order chi connectivity index (χ0) is 36.6. The molecule has 1 aliphatic carbocycles. The Morgan fingerprint density at radius 3 is 2.10 bits per heavy atom. The number of halogens is 6. The van der Waals surface area contributed by atoms with Crippen LogP contribution in [-0.4, -0.2) is 36.2 Å². The standard InChI is InChI=1S/C38H30F6N2O5/c39-37(40,41)29-20-28(21-30(22-29)38(42,43)44)35(47)45-34-23-31(15-16-32(34)36(48)49)50-17-6-18-51-46-33-10-5-4-9-27(33)19-24-11-13-26(14-12-24)25-7-2-1-3-8-25/h1-5,7-16,19-23,33,46H,6,17-18H2,(H,45,47)(H,48,49). The van der Waals surface area contributed by atoms with E-state index in [1.54, 1.807) is 0 Å². The van der Waals surface area contributed by atoms with E-state index in [4.69, 9.17) is 9.57 Å². The zero-order valence-corrected chi connectivity index (χ0v) is 26.6. The first-order chi connectivity index (χ1) is 24.3. The zero-order valence-electron chi connectivity index (χ0n) is 26.6. The maximum Gasteiger partial charge on any atom is 0.416 e. The minimum Gasteiger partial charge on any atom is -0.493 e. The third-order valence-electron chi connectivity index (χ3n) is 7.60. The summed E-state index contributed by atoms with van der Waals surface area (Å²) < 4.78 is 85.3. The van der Waals surface area contributed by atoms with Crippen LogP contribution in [0.2, 0.25) is 0 Å². The van der Waals surface area contributed by atoms with Crippen molar-refractivity contribution in [2.24, 2.45) is 0 Å². The van der Waals surface area contributed by atoms with Crippen LogP contribution in [0, 0.1) is 0 Å². The van der Waals surface area contributed by atoms with Gasteiger partial charge in [0.25, 0.3) is 5.91 Å². The van der Waals surface area contributed by atoms with E-state index in [2.05, 4.69) is 22.9 Å². The van der Waals surface area contributed by atoms with Crippen LogP contribution in [0.25, 0.3) is 17.2 Å². The number of ether oxygens (including phenoxy) is 1. The average Bonchev–Trinajstić information content (AvgIpc) is 3.10. The topological polar surface area (TPSA) is 96.9 Å². The second-order valence-electron chi connectivity index (χ2n) is 11.3. The number of carbonyl (C=O) groups excluding carboxylic acids is 1. The predicted octanol–water partition coefficient (Wildman–Crippen LogP) is 9.21. The van der Waals surface area contributed by atoms with Gasteiger partial charge in [0, 0.05) is 18.1 Å². The van der Waals surface area contributed by atoms with Crippen molar-refractivity contribution in [1.29, 1.82) is 0 Å². The maximum atomic E-state index is 13.3. The number of anilines is 1. The van der Waals surface area contributed by atoms with E-state index in [0.29, 0.717) is 6.42 Å². The van der Waals surface area contributed by atoms with Crippen molar-refractivity contribution in [3.8, 4) is 16.9 Å². The largest absolute Gasteiger partial charge is 0.493 e. The first-order valence-electron chi connectivity index (χ1n) is 15.5. The fraction of sp³-hybridized carbons (Fsp3) is 0.158. The molecule has 0 saturated carbocycles. The normalized spacial score (nSPS) is 15.2. The number of carbonyl (C=O) groups is 2. The Morgan fingerprint density at radius 2 is 1.45 bits per heavy atom. The van der Waals surface area contributed by atoms with Crippen LogP contribution in [0.1, 0.15) is 43.8 Å². The van der Waals surface area contributed by atoms with Crippen LogP contribution in [-0.2, 0) is 17.2 Å². The molecule has 1 amide bonds. The molecule has 4 aromatic rings. The number of amides is 1. The summed E-state index contributed by atoms with van der Waals surface area (Å²) in [6.07, 6.45) is -0.229. The van der Waals surface area contributed by atoms with Crippen LogP contribution in [0.3, 0.4) is 0 Å². The Morgan fingerprint density at radius 1 is 0.784 bits per heavy atom. The van der Waals surface area contributed by atoms with Crippen molar-refractivity contribution in [3.63, 3.8) is 0 Å². The monoisotopic (exact) mass is 708 g/mol. The summed E-state index contributed by atoms with van der Waals surface area (Å²) in [4.78, 5) is 30.2. The van der Waals surface area contributed by atoms with Gasteiger partial charge in [0.2, 0.25) is 0 Å². The minimum atomic E-state index is -5.17. The van der Waals surface area contributed by atoms with Gasteiger partial charge in [-0.2, -0.15) is 31.8 Å². The fourth-order valence-electron chi connectivity index (χ4n) is 5.05. The molecule has 0 aliphatic heterocycles. The number of hydrogen-bond acceptors (Lipinski definition) is 5.